The summed E-state index contributed by atoms with van der Waals surface area (Å²) in [7, 11) is 1.66. The van der Waals surface area contributed by atoms with Gasteiger partial charge in [0.25, 0.3) is 0 Å². The van der Waals surface area contributed by atoms with E-state index < -0.39 is 0 Å². The van der Waals surface area contributed by atoms with Crippen molar-refractivity contribution in [2.24, 2.45) is 0 Å². The fourth-order valence-corrected chi connectivity index (χ4v) is 2.16. The SMILES string of the molecule is COCCN(CCO)Cc1cc(Cl)cc(Cl)c1. The molecule has 5 heteroatoms. The second-order valence-electron chi connectivity index (χ2n) is 3.77. The standard InChI is InChI=1S/C12H17Cl2NO2/c1-17-5-3-15(2-4-16)9-10-6-11(13)8-12(14)7-10/h6-8,16H,2-5,9H2,1H3. The van der Waals surface area contributed by atoms with E-state index in [0.717, 1.165) is 12.1 Å². The lowest BCUT2D eigenvalue weighted by Crippen LogP contribution is -2.29. The lowest BCUT2D eigenvalue weighted by atomic mass is 10.2. The highest BCUT2D eigenvalue weighted by atomic mass is 35.5. The second kappa shape index (κ2) is 7.90. The Bertz CT molecular complexity index is 327. The van der Waals surface area contributed by atoms with Gasteiger partial charge in [-0.2, -0.15) is 0 Å². The molecular weight excluding hydrogens is 261 g/mol. The molecule has 0 aromatic heterocycles. The van der Waals surface area contributed by atoms with Crippen LogP contribution in [0.4, 0.5) is 0 Å². The molecule has 1 N–H and O–H groups in total. The van der Waals surface area contributed by atoms with Crippen LogP contribution < -0.4 is 0 Å². The lowest BCUT2D eigenvalue weighted by molar-refractivity contribution is 0.127. The maximum Gasteiger partial charge on any atom is 0.0589 e. The Morgan fingerprint density at radius 1 is 1.18 bits per heavy atom. The smallest absolute Gasteiger partial charge is 0.0589 e. The number of aliphatic hydroxyl groups is 1. The Balaban J connectivity index is 2.63. The zero-order chi connectivity index (χ0) is 12.7. The van der Waals surface area contributed by atoms with Gasteiger partial charge in [-0.25, -0.2) is 0 Å². The average Bonchev–Trinajstić information content (AvgIpc) is 2.24. The average molecular weight is 278 g/mol. The molecule has 0 bridgehead atoms. The van der Waals surface area contributed by atoms with E-state index in [1.807, 2.05) is 12.1 Å². The summed E-state index contributed by atoms with van der Waals surface area (Å²) < 4.78 is 5.03. The number of rotatable bonds is 7. The van der Waals surface area contributed by atoms with E-state index in [9.17, 15) is 0 Å². The van der Waals surface area contributed by atoms with Crippen molar-refractivity contribution in [2.75, 3.05) is 33.4 Å². The van der Waals surface area contributed by atoms with Gasteiger partial charge in [0.1, 0.15) is 0 Å². The third kappa shape index (κ3) is 5.70. The highest BCUT2D eigenvalue weighted by Gasteiger charge is 2.06. The van der Waals surface area contributed by atoms with Crippen LogP contribution in [0, 0.1) is 0 Å². The molecule has 0 saturated carbocycles. The van der Waals surface area contributed by atoms with E-state index in [0.29, 0.717) is 29.7 Å². The summed E-state index contributed by atoms with van der Waals surface area (Å²) >= 11 is 11.9. The minimum Gasteiger partial charge on any atom is -0.395 e. The third-order valence-corrected chi connectivity index (χ3v) is 2.79. The van der Waals surface area contributed by atoms with E-state index in [1.165, 1.54) is 0 Å². The molecule has 0 amide bonds. The summed E-state index contributed by atoms with van der Waals surface area (Å²) in [6.07, 6.45) is 0. The second-order valence-corrected chi connectivity index (χ2v) is 4.64. The fourth-order valence-electron chi connectivity index (χ4n) is 1.59. The first-order chi connectivity index (χ1) is 8.15. The van der Waals surface area contributed by atoms with Gasteiger partial charge in [-0.05, 0) is 23.8 Å². The topological polar surface area (TPSA) is 32.7 Å². The molecule has 0 aliphatic carbocycles. The maximum absolute atomic E-state index is 8.99. The van der Waals surface area contributed by atoms with Crippen molar-refractivity contribution in [2.45, 2.75) is 6.54 Å². The van der Waals surface area contributed by atoms with Gasteiger partial charge in [-0.1, -0.05) is 23.2 Å². The summed E-state index contributed by atoms with van der Waals surface area (Å²) in [4.78, 5) is 2.09. The van der Waals surface area contributed by atoms with Gasteiger partial charge in [-0.15, -0.1) is 0 Å². The molecule has 3 nitrogen and oxygen atoms in total. The molecule has 0 saturated heterocycles. The zero-order valence-electron chi connectivity index (χ0n) is 9.83. The molecule has 0 spiro atoms. The fraction of sp³-hybridized carbons (Fsp3) is 0.500. The van der Waals surface area contributed by atoms with Crippen molar-refractivity contribution in [3.63, 3.8) is 0 Å². The van der Waals surface area contributed by atoms with Gasteiger partial charge in [0, 0.05) is 36.8 Å². The monoisotopic (exact) mass is 277 g/mol. The first kappa shape index (κ1) is 14.7. The summed E-state index contributed by atoms with van der Waals surface area (Å²) in [5.41, 5.74) is 1.03. The lowest BCUT2D eigenvalue weighted by Gasteiger charge is -2.21. The van der Waals surface area contributed by atoms with Gasteiger partial charge >= 0.3 is 0 Å². The molecule has 96 valence electrons. The normalized spacial score (nSPS) is 11.1. The number of aliphatic hydroxyl groups excluding tert-OH is 1. The predicted molar refractivity (Wildman–Crippen MR) is 70.7 cm³/mol. The number of halogens is 2. The molecule has 0 heterocycles. The molecule has 0 aliphatic rings. The quantitative estimate of drug-likeness (QED) is 0.831. The summed E-state index contributed by atoms with van der Waals surface area (Å²) in [6.45, 7) is 2.82. The van der Waals surface area contributed by atoms with Crippen LogP contribution in [-0.4, -0.2) is 43.4 Å². The van der Waals surface area contributed by atoms with Crippen LogP contribution in [0.25, 0.3) is 0 Å². The number of hydrogen-bond acceptors (Lipinski definition) is 3. The molecule has 1 rings (SSSR count). The van der Waals surface area contributed by atoms with Crippen LogP contribution in [0.15, 0.2) is 18.2 Å². The Morgan fingerprint density at radius 2 is 1.82 bits per heavy atom. The summed E-state index contributed by atoms with van der Waals surface area (Å²) in [5.74, 6) is 0. The van der Waals surface area contributed by atoms with E-state index in [-0.39, 0.29) is 6.61 Å². The van der Waals surface area contributed by atoms with Gasteiger partial charge < -0.3 is 9.84 Å². The molecule has 1 aromatic rings. The maximum atomic E-state index is 8.99. The Hall–Kier alpha value is -0.320. The molecule has 0 aliphatic heterocycles. The number of hydrogen-bond donors (Lipinski definition) is 1. The van der Waals surface area contributed by atoms with Gasteiger partial charge in [0.2, 0.25) is 0 Å². The molecule has 0 unspecified atom stereocenters. The van der Waals surface area contributed by atoms with Gasteiger partial charge in [0.05, 0.1) is 13.2 Å². The number of benzene rings is 1. The largest absolute Gasteiger partial charge is 0.395 e. The molecule has 0 radical (unpaired) electrons. The summed E-state index contributed by atoms with van der Waals surface area (Å²) in [6, 6.07) is 5.47. The third-order valence-electron chi connectivity index (χ3n) is 2.36. The van der Waals surface area contributed by atoms with Crippen molar-refractivity contribution >= 4 is 23.2 Å². The first-order valence-corrected chi connectivity index (χ1v) is 6.18. The molecule has 1 aromatic carbocycles. The van der Waals surface area contributed by atoms with Crippen LogP contribution >= 0.6 is 23.2 Å². The van der Waals surface area contributed by atoms with Crippen molar-refractivity contribution < 1.29 is 9.84 Å². The molecule has 0 atom stereocenters. The van der Waals surface area contributed by atoms with Crippen LogP contribution in [0.3, 0.4) is 0 Å². The highest BCUT2D eigenvalue weighted by Crippen LogP contribution is 2.20. The Kier molecular flexibility index (Phi) is 6.85. The highest BCUT2D eigenvalue weighted by molar-refractivity contribution is 6.34. The van der Waals surface area contributed by atoms with Gasteiger partial charge in [-0.3, -0.25) is 4.90 Å². The van der Waals surface area contributed by atoms with Crippen LogP contribution in [0.2, 0.25) is 10.0 Å². The molecule has 0 fully saturated rings. The minimum absolute atomic E-state index is 0.123. The van der Waals surface area contributed by atoms with Crippen molar-refractivity contribution in [3.8, 4) is 0 Å². The van der Waals surface area contributed by atoms with Gasteiger partial charge in [0.15, 0.2) is 0 Å². The Labute approximate surface area is 112 Å². The van der Waals surface area contributed by atoms with E-state index >= 15 is 0 Å². The number of nitrogens with zero attached hydrogens (tertiary/aromatic N) is 1. The van der Waals surface area contributed by atoms with Crippen molar-refractivity contribution in [3.05, 3.63) is 33.8 Å². The van der Waals surface area contributed by atoms with Crippen LogP contribution in [-0.2, 0) is 11.3 Å². The van der Waals surface area contributed by atoms with Crippen molar-refractivity contribution in [1.82, 2.24) is 4.90 Å². The van der Waals surface area contributed by atoms with Crippen molar-refractivity contribution in [1.29, 1.82) is 0 Å². The van der Waals surface area contributed by atoms with E-state index in [2.05, 4.69) is 4.90 Å². The minimum atomic E-state index is 0.123. The Morgan fingerprint density at radius 3 is 2.35 bits per heavy atom. The van der Waals surface area contributed by atoms with Crippen LogP contribution in [0.5, 0.6) is 0 Å². The number of ether oxygens (including phenoxy) is 1. The number of methoxy groups -OCH3 is 1. The summed E-state index contributed by atoms with van der Waals surface area (Å²) in [5, 5.41) is 10.2. The predicted octanol–water partition coefficient (Wildman–Crippen LogP) is 2.43. The van der Waals surface area contributed by atoms with E-state index in [4.69, 9.17) is 33.0 Å². The molecule has 17 heavy (non-hydrogen) atoms. The van der Waals surface area contributed by atoms with E-state index in [1.54, 1.807) is 13.2 Å². The van der Waals surface area contributed by atoms with Crippen LogP contribution in [0.1, 0.15) is 5.56 Å². The zero-order valence-corrected chi connectivity index (χ0v) is 11.3. The molecular formula is C12H17Cl2NO2. The first-order valence-electron chi connectivity index (χ1n) is 5.43.